The number of rotatable bonds is 11. The molecule has 0 bridgehead atoms. The van der Waals surface area contributed by atoms with Crippen molar-refractivity contribution in [1.82, 2.24) is 86.2 Å². The molecule has 0 fully saturated rings. The Morgan fingerprint density at radius 2 is 0.761 bits per heavy atom. The van der Waals surface area contributed by atoms with E-state index in [-0.39, 0.29) is 17.3 Å². The molecule has 30 heteroatoms. The molecule has 558 valence electrons. The molecule has 0 saturated carbocycles. The van der Waals surface area contributed by atoms with Crippen LogP contribution in [0.15, 0.2) is 190 Å². The summed E-state index contributed by atoms with van der Waals surface area (Å²) in [6.07, 6.45) is 12.0. The number of alkyl carbamates (subject to hydrolysis) is 2. The van der Waals surface area contributed by atoms with Crippen molar-refractivity contribution in [3.05, 3.63) is 239 Å². The predicted molar refractivity (Wildman–Crippen MR) is 403 cm³/mol. The first kappa shape index (κ1) is 82.3. The van der Waals surface area contributed by atoms with Gasteiger partial charge in [-0.25, -0.2) is 34.3 Å². The summed E-state index contributed by atoms with van der Waals surface area (Å²) < 4.78 is 26.0. The molecule has 0 aromatic carbocycles. The van der Waals surface area contributed by atoms with Crippen molar-refractivity contribution < 1.29 is 47.7 Å². The summed E-state index contributed by atoms with van der Waals surface area (Å²) >= 11 is 0. The standard InChI is InChI=1S/C22H23N5O3.C18H17N5O.C17H15N5O.C13H10N4O.C9H17NO4/c1-21(2,3)29-20(28)26-22(4,5)19-25-18(27-30-19)17-12-10-15(14-24-17)9-11-16-8-6-7-13-23-16;1-18(2,19-3)17-22-16(23-24-17)15-10-8-13(12-21-15)7-9-14-6-4-5-11-20-14;1-17(2,18)16-21-15(22-23-16)14-9-7-12(11-20-14)6-8-13-5-3-4-10-19-13;14-13(17-18)12-7-5-10(9-16-12)4-6-11-3-1-2-8-15-11;1-8(2,3)14-7(13)10-9(4,5)6(11)12/h6-8,10,12-14H,1-5H3,(H,26,28);4-6,8,10-12,19H,1-3H3;3-5,7,9-11H,18H2,1-2H3;1-3,5,7-9,18H,(H2,14,17);1-5H3,(H,10,13)(H,11,12). The van der Waals surface area contributed by atoms with Crippen LogP contribution in [-0.4, -0.2) is 128 Å². The summed E-state index contributed by atoms with van der Waals surface area (Å²) in [5.74, 6) is 25.0. The van der Waals surface area contributed by atoms with Gasteiger partial charge in [0.1, 0.15) is 67.8 Å². The lowest BCUT2D eigenvalue weighted by molar-refractivity contribution is -0.143. The summed E-state index contributed by atoms with van der Waals surface area (Å²) in [6, 6.07) is 36.6. The molecule has 0 spiro atoms. The van der Waals surface area contributed by atoms with Crippen LogP contribution in [0.25, 0.3) is 34.6 Å². The largest absolute Gasteiger partial charge is 0.480 e. The van der Waals surface area contributed by atoms with Crippen molar-refractivity contribution in [2.45, 2.75) is 130 Å². The van der Waals surface area contributed by atoms with Crippen LogP contribution in [0.2, 0.25) is 0 Å². The second-order valence-electron chi connectivity index (χ2n) is 27.2. The first-order valence-electron chi connectivity index (χ1n) is 33.4. The van der Waals surface area contributed by atoms with Crippen LogP contribution in [0.1, 0.15) is 165 Å². The van der Waals surface area contributed by atoms with Gasteiger partial charge in [-0.15, -0.1) is 0 Å². The third-order valence-corrected chi connectivity index (χ3v) is 13.8. The first-order valence-corrected chi connectivity index (χ1v) is 33.4. The topological polar surface area (TPSA) is 430 Å². The lowest BCUT2D eigenvalue weighted by Crippen LogP contribution is -2.51. The average molecular weight is 1470 g/mol. The van der Waals surface area contributed by atoms with Gasteiger partial charge in [-0.1, -0.05) is 68.6 Å². The van der Waals surface area contributed by atoms with Crippen molar-refractivity contribution >= 4 is 24.0 Å². The highest BCUT2D eigenvalue weighted by Crippen LogP contribution is 2.25. The van der Waals surface area contributed by atoms with E-state index in [4.69, 9.17) is 44.8 Å². The lowest BCUT2D eigenvalue weighted by Gasteiger charge is -2.25. The van der Waals surface area contributed by atoms with E-state index in [1.807, 2.05) is 118 Å². The number of ether oxygens (including phenoxy) is 2. The highest BCUT2D eigenvalue weighted by molar-refractivity contribution is 5.95. The molecule has 0 atom stereocenters. The average Bonchev–Trinajstić information content (AvgIpc) is 1.70. The number of carboxylic acids is 1. The van der Waals surface area contributed by atoms with E-state index >= 15 is 0 Å². The van der Waals surface area contributed by atoms with Gasteiger partial charge in [0.2, 0.25) is 29.3 Å². The zero-order valence-corrected chi connectivity index (χ0v) is 62.7. The number of aliphatic carboxylic acids is 1. The quantitative estimate of drug-likeness (QED) is 0.0208. The van der Waals surface area contributed by atoms with Gasteiger partial charge in [-0.05, 0) is 225 Å². The zero-order chi connectivity index (χ0) is 79.4. The maximum atomic E-state index is 12.1. The molecular weight excluding hydrogens is 1390 g/mol. The number of amidine groups is 1. The van der Waals surface area contributed by atoms with E-state index in [0.717, 1.165) is 27.9 Å². The Balaban J connectivity index is 0.000000194. The van der Waals surface area contributed by atoms with Crippen molar-refractivity contribution in [2.24, 2.45) is 16.6 Å². The van der Waals surface area contributed by atoms with Crippen molar-refractivity contribution in [3.8, 4) is 81.9 Å². The molecule has 0 aliphatic rings. The number of amides is 2. The van der Waals surface area contributed by atoms with Gasteiger partial charge < -0.3 is 60.8 Å². The summed E-state index contributed by atoms with van der Waals surface area (Å²) in [5, 5.41) is 40.1. The normalized spacial score (nSPS) is 11.1. The summed E-state index contributed by atoms with van der Waals surface area (Å²) in [6.45, 7) is 24.3. The minimum Gasteiger partial charge on any atom is -0.480 e. The van der Waals surface area contributed by atoms with Crippen LogP contribution in [0, 0.1) is 47.4 Å². The second-order valence-corrected chi connectivity index (χ2v) is 27.2. The maximum Gasteiger partial charge on any atom is 0.408 e. The van der Waals surface area contributed by atoms with Crippen LogP contribution < -0.4 is 27.4 Å². The van der Waals surface area contributed by atoms with Gasteiger partial charge in [0.15, 0.2) is 5.84 Å². The number of pyridine rings is 8. The number of hydrogen-bond acceptors (Lipinski definition) is 26. The minimum absolute atomic E-state index is 0.0285. The Labute approximate surface area is 630 Å². The molecule has 109 heavy (non-hydrogen) atoms. The molecule has 0 aliphatic heterocycles. The van der Waals surface area contributed by atoms with Crippen LogP contribution in [0.3, 0.4) is 0 Å². The van der Waals surface area contributed by atoms with Crippen LogP contribution >= 0.6 is 0 Å². The lowest BCUT2D eigenvalue weighted by atomic mass is 10.1. The van der Waals surface area contributed by atoms with Gasteiger partial charge in [0.05, 0.1) is 11.1 Å². The van der Waals surface area contributed by atoms with E-state index in [1.54, 1.807) is 143 Å². The number of nitrogens with one attached hydrogen (secondary N) is 3. The molecular formula is C79H82N20O10. The Morgan fingerprint density at radius 1 is 0.431 bits per heavy atom. The summed E-state index contributed by atoms with van der Waals surface area (Å²) in [4.78, 5) is 80.5. The maximum absolute atomic E-state index is 12.1. The summed E-state index contributed by atoms with van der Waals surface area (Å²) in [5.41, 5.74) is 14.8. The Morgan fingerprint density at radius 3 is 1.04 bits per heavy atom. The summed E-state index contributed by atoms with van der Waals surface area (Å²) in [7, 11) is 1.84. The molecule has 0 radical (unpaired) electrons. The van der Waals surface area contributed by atoms with E-state index in [0.29, 0.717) is 69.1 Å². The third kappa shape index (κ3) is 27.6. The molecule has 9 N–H and O–H groups in total. The zero-order valence-electron chi connectivity index (χ0n) is 62.7. The molecule has 2 amide bonds. The number of aromatic nitrogens is 14. The van der Waals surface area contributed by atoms with Gasteiger partial charge in [0, 0.05) is 71.8 Å². The van der Waals surface area contributed by atoms with Gasteiger partial charge in [-0.2, -0.15) is 15.0 Å². The molecule has 0 aliphatic carbocycles. The fourth-order valence-corrected chi connectivity index (χ4v) is 7.85. The first-order chi connectivity index (χ1) is 51.6. The van der Waals surface area contributed by atoms with E-state index < -0.39 is 46.0 Å². The molecule has 11 heterocycles. The Hall–Kier alpha value is -13.9. The van der Waals surface area contributed by atoms with Crippen molar-refractivity contribution in [1.29, 1.82) is 0 Å². The molecule has 30 nitrogen and oxygen atoms in total. The second kappa shape index (κ2) is 37.7. The Kier molecular flexibility index (Phi) is 28.5. The fourth-order valence-electron chi connectivity index (χ4n) is 7.85. The van der Waals surface area contributed by atoms with E-state index in [1.165, 1.54) is 13.8 Å². The molecule has 11 aromatic heterocycles. The minimum atomic E-state index is -1.32. The van der Waals surface area contributed by atoms with E-state index in [9.17, 15) is 14.4 Å². The molecule has 11 rings (SSSR count). The number of oxime groups is 1. The van der Waals surface area contributed by atoms with Gasteiger partial charge in [0.25, 0.3) is 5.89 Å². The third-order valence-electron chi connectivity index (χ3n) is 13.8. The van der Waals surface area contributed by atoms with Gasteiger partial charge in [-0.3, -0.25) is 19.9 Å². The Bertz CT molecular complexity index is 5090. The molecule has 11 aromatic rings. The molecule has 0 unspecified atom stereocenters. The van der Waals surface area contributed by atoms with Crippen molar-refractivity contribution in [2.75, 3.05) is 7.05 Å². The number of nitrogens with zero attached hydrogens (tertiary/aromatic N) is 15. The van der Waals surface area contributed by atoms with E-state index in [2.05, 4.69) is 139 Å². The smallest absolute Gasteiger partial charge is 0.408 e. The number of carboxylic acid groups (broad SMARTS) is 1. The molecule has 0 saturated heterocycles. The number of carbonyl (C=O) groups excluding carboxylic acids is 2. The van der Waals surface area contributed by atoms with Crippen LogP contribution in [0.5, 0.6) is 0 Å². The number of nitrogens with two attached hydrogens (primary N) is 2. The van der Waals surface area contributed by atoms with Crippen molar-refractivity contribution in [3.63, 3.8) is 0 Å². The fraction of sp³-hybridized carbons (Fsp3) is 0.266. The van der Waals surface area contributed by atoms with Crippen LogP contribution in [-0.2, 0) is 30.9 Å². The highest BCUT2D eigenvalue weighted by atomic mass is 16.6. The number of hydrogen-bond donors (Lipinski definition) is 7. The monoisotopic (exact) mass is 1470 g/mol. The van der Waals surface area contributed by atoms with Gasteiger partial charge >= 0.3 is 18.2 Å². The number of carbonyl (C=O) groups is 3. The highest BCUT2D eigenvalue weighted by Gasteiger charge is 2.33. The predicted octanol–water partition coefficient (Wildman–Crippen LogP) is 10.5. The van der Waals surface area contributed by atoms with Crippen LogP contribution in [0.4, 0.5) is 9.59 Å². The SMILES string of the molecule is CC(C)(C)OC(=O)NC(C)(C)C(=O)O.CC(C)(C)OC(=O)NC(C)(C)c1nc(-c2ccc(C#Cc3ccccn3)cn2)no1.CC(C)(N)c1nc(-c2ccc(C#Cc3ccccn3)cn2)no1.CNC(C)(C)c1nc(-c2ccc(C#Cc3ccccn3)cn2)no1.N/C(=N\O)c1ccc(C#Cc2ccccn2)cn1.